The minimum atomic E-state index is -0.319. The molecular weight excluding hydrogens is 306 g/mol. The minimum absolute atomic E-state index is 0. The van der Waals surface area contributed by atoms with Crippen LogP contribution in [0.15, 0.2) is 48.5 Å². The Morgan fingerprint density at radius 1 is 1.09 bits per heavy atom. The first-order valence-corrected chi connectivity index (χ1v) is 8.28. The van der Waals surface area contributed by atoms with Crippen molar-refractivity contribution in [1.82, 2.24) is 5.32 Å². The van der Waals surface area contributed by atoms with E-state index in [9.17, 15) is 5.11 Å². The normalized spacial score (nSPS) is 25.2. The second-order valence-corrected chi connectivity index (χ2v) is 6.76. The maximum Gasteiger partial charge on any atom is 0.0676 e. The van der Waals surface area contributed by atoms with Crippen molar-refractivity contribution in [2.45, 2.75) is 36.7 Å². The molecule has 1 atom stereocenters. The second kappa shape index (κ2) is 6.27. The smallest absolute Gasteiger partial charge is 0.0676 e. The van der Waals surface area contributed by atoms with E-state index in [1.807, 2.05) is 7.05 Å². The van der Waals surface area contributed by atoms with Crippen LogP contribution in [0.3, 0.4) is 0 Å². The number of rotatable bonds is 4. The molecule has 2 aromatic carbocycles. The molecule has 3 heteroatoms. The van der Waals surface area contributed by atoms with E-state index in [0.29, 0.717) is 12.5 Å². The van der Waals surface area contributed by atoms with Gasteiger partial charge in [0.05, 0.1) is 6.10 Å². The standard InChI is InChI=1S/C20H23NO.ClH/c1-21-13-14(22)12-20-11-10-15(16-6-2-4-8-18(16)20)17-7-3-5-9-19(17)20;/h2-9,14-15,21-22H,10-13H2,1H3;1H. The number of aliphatic hydroxyl groups is 1. The summed E-state index contributed by atoms with van der Waals surface area (Å²) < 4.78 is 0. The molecule has 0 aromatic heterocycles. The first-order chi connectivity index (χ1) is 10.8. The molecule has 23 heavy (non-hydrogen) atoms. The molecule has 0 saturated carbocycles. The quantitative estimate of drug-likeness (QED) is 0.898. The second-order valence-electron chi connectivity index (χ2n) is 6.76. The molecule has 0 radical (unpaired) electrons. The van der Waals surface area contributed by atoms with Crippen molar-refractivity contribution in [3.8, 4) is 0 Å². The summed E-state index contributed by atoms with van der Waals surface area (Å²) in [5, 5.41) is 13.6. The van der Waals surface area contributed by atoms with Crippen LogP contribution in [0.2, 0.25) is 0 Å². The Morgan fingerprint density at radius 2 is 1.65 bits per heavy atom. The lowest BCUT2D eigenvalue weighted by Gasteiger charge is -2.50. The van der Waals surface area contributed by atoms with Crippen LogP contribution in [-0.2, 0) is 5.41 Å². The van der Waals surface area contributed by atoms with E-state index in [2.05, 4.69) is 53.8 Å². The number of nitrogens with one attached hydrogen (secondary N) is 1. The van der Waals surface area contributed by atoms with Gasteiger partial charge in [0, 0.05) is 17.9 Å². The maximum atomic E-state index is 10.5. The molecule has 0 spiro atoms. The molecule has 0 heterocycles. The summed E-state index contributed by atoms with van der Waals surface area (Å²) in [5.74, 6) is 0.538. The molecule has 3 aliphatic rings. The lowest BCUT2D eigenvalue weighted by Crippen LogP contribution is -2.43. The monoisotopic (exact) mass is 329 g/mol. The Labute approximate surface area is 144 Å². The number of benzene rings is 2. The zero-order chi connectivity index (χ0) is 15.2. The lowest BCUT2D eigenvalue weighted by molar-refractivity contribution is 0.130. The molecule has 2 aromatic rings. The molecule has 3 aliphatic carbocycles. The van der Waals surface area contributed by atoms with Crippen LogP contribution in [0.25, 0.3) is 0 Å². The van der Waals surface area contributed by atoms with Gasteiger partial charge < -0.3 is 10.4 Å². The van der Waals surface area contributed by atoms with Gasteiger partial charge in [-0.1, -0.05) is 48.5 Å². The van der Waals surface area contributed by atoms with E-state index in [-0.39, 0.29) is 23.9 Å². The molecule has 0 fully saturated rings. The van der Waals surface area contributed by atoms with Gasteiger partial charge in [0.25, 0.3) is 0 Å². The predicted molar refractivity (Wildman–Crippen MR) is 96.5 cm³/mol. The number of halogens is 1. The average molecular weight is 330 g/mol. The first kappa shape index (κ1) is 16.5. The third kappa shape index (κ3) is 2.40. The fourth-order valence-corrected chi connectivity index (χ4v) is 4.79. The molecular formula is C20H24ClNO. The Hall–Kier alpha value is -1.35. The summed E-state index contributed by atoms with van der Waals surface area (Å²) in [6, 6.07) is 17.7. The van der Waals surface area contributed by atoms with Gasteiger partial charge in [-0.05, 0) is 48.6 Å². The van der Waals surface area contributed by atoms with Gasteiger partial charge >= 0.3 is 0 Å². The van der Waals surface area contributed by atoms with Gasteiger partial charge in [-0.3, -0.25) is 0 Å². The van der Waals surface area contributed by atoms with E-state index >= 15 is 0 Å². The van der Waals surface area contributed by atoms with E-state index in [1.165, 1.54) is 28.7 Å². The summed E-state index contributed by atoms with van der Waals surface area (Å²) in [7, 11) is 1.90. The van der Waals surface area contributed by atoms with E-state index < -0.39 is 0 Å². The number of fused-ring (bicyclic) bond motifs is 1. The first-order valence-electron chi connectivity index (χ1n) is 8.28. The van der Waals surface area contributed by atoms with Gasteiger partial charge in [0.15, 0.2) is 0 Å². The number of hydrogen-bond donors (Lipinski definition) is 2. The van der Waals surface area contributed by atoms with Crippen molar-refractivity contribution in [2.75, 3.05) is 13.6 Å². The van der Waals surface area contributed by atoms with Crippen LogP contribution in [0.1, 0.15) is 47.4 Å². The molecule has 5 rings (SSSR count). The molecule has 122 valence electrons. The van der Waals surface area contributed by atoms with Crippen LogP contribution in [-0.4, -0.2) is 24.8 Å². The van der Waals surface area contributed by atoms with Gasteiger partial charge in [-0.15, -0.1) is 12.4 Å². The Kier molecular flexibility index (Phi) is 4.50. The largest absolute Gasteiger partial charge is 0.392 e. The van der Waals surface area contributed by atoms with Gasteiger partial charge in [-0.25, -0.2) is 0 Å². The molecule has 0 saturated heterocycles. The molecule has 0 amide bonds. The number of hydrogen-bond acceptors (Lipinski definition) is 2. The zero-order valence-corrected chi connectivity index (χ0v) is 14.3. The zero-order valence-electron chi connectivity index (χ0n) is 13.5. The van der Waals surface area contributed by atoms with Crippen molar-refractivity contribution in [2.24, 2.45) is 0 Å². The SMILES string of the molecule is CNCC(O)CC12CCC(c3ccccc31)c1ccccc12.Cl. The van der Waals surface area contributed by atoms with Crippen LogP contribution < -0.4 is 5.32 Å². The van der Waals surface area contributed by atoms with E-state index in [0.717, 1.165) is 12.8 Å². The third-order valence-corrected chi connectivity index (χ3v) is 5.59. The van der Waals surface area contributed by atoms with Crippen LogP contribution in [0, 0.1) is 0 Å². The number of likely N-dealkylation sites (N-methyl/N-ethyl adjacent to an activating group) is 1. The highest BCUT2D eigenvalue weighted by atomic mass is 35.5. The van der Waals surface area contributed by atoms with Crippen LogP contribution in [0.4, 0.5) is 0 Å². The Morgan fingerprint density at radius 3 is 2.22 bits per heavy atom. The third-order valence-electron chi connectivity index (χ3n) is 5.59. The highest BCUT2D eigenvalue weighted by molar-refractivity contribution is 5.85. The maximum absolute atomic E-state index is 10.5. The highest BCUT2D eigenvalue weighted by Gasteiger charge is 2.48. The fourth-order valence-electron chi connectivity index (χ4n) is 4.79. The van der Waals surface area contributed by atoms with Crippen molar-refractivity contribution in [3.05, 3.63) is 70.8 Å². The summed E-state index contributed by atoms with van der Waals surface area (Å²) in [6.07, 6.45) is 2.82. The lowest BCUT2D eigenvalue weighted by atomic mass is 9.53. The average Bonchev–Trinajstić information content (AvgIpc) is 2.56. The molecule has 2 nitrogen and oxygen atoms in total. The molecule has 1 unspecified atom stereocenters. The molecule has 2 N–H and O–H groups in total. The summed E-state index contributed by atoms with van der Waals surface area (Å²) in [6.45, 7) is 0.648. The van der Waals surface area contributed by atoms with Crippen LogP contribution >= 0.6 is 12.4 Å². The van der Waals surface area contributed by atoms with Crippen molar-refractivity contribution >= 4 is 12.4 Å². The van der Waals surface area contributed by atoms with Gasteiger partial charge in [0.1, 0.15) is 0 Å². The predicted octanol–water partition coefficient (Wildman–Crippen LogP) is 3.60. The summed E-state index contributed by atoms with van der Waals surface area (Å²) in [5.41, 5.74) is 5.83. The van der Waals surface area contributed by atoms with Crippen molar-refractivity contribution < 1.29 is 5.11 Å². The van der Waals surface area contributed by atoms with E-state index in [4.69, 9.17) is 0 Å². The van der Waals surface area contributed by atoms with Crippen molar-refractivity contribution in [1.29, 1.82) is 0 Å². The van der Waals surface area contributed by atoms with Gasteiger partial charge in [-0.2, -0.15) is 0 Å². The fraction of sp³-hybridized carbons (Fsp3) is 0.400. The Balaban J connectivity index is 0.00000156. The highest BCUT2D eigenvalue weighted by Crippen LogP contribution is 2.57. The molecule has 2 bridgehead atoms. The molecule has 0 aliphatic heterocycles. The Bertz CT molecular complexity index is 652. The summed E-state index contributed by atoms with van der Waals surface area (Å²) in [4.78, 5) is 0. The van der Waals surface area contributed by atoms with Crippen molar-refractivity contribution in [3.63, 3.8) is 0 Å². The minimum Gasteiger partial charge on any atom is -0.392 e. The van der Waals surface area contributed by atoms with E-state index in [1.54, 1.807) is 0 Å². The van der Waals surface area contributed by atoms with Gasteiger partial charge in [0.2, 0.25) is 0 Å². The topological polar surface area (TPSA) is 32.3 Å². The van der Waals surface area contributed by atoms with Crippen LogP contribution in [0.5, 0.6) is 0 Å². The number of aliphatic hydroxyl groups excluding tert-OH is 1. The summed E-state index contributed by atoms with van der Waals surface area (Å²) >= 11 is 0.